The number of fused-ring (bicyclic) bond motifs is 1. The van der Waals surface area contributed by atoms with Gasteiger partial charge in [-0.1, -0.05) is 15.9 Å². The van der Waals surface area contributed by atoms with Crippen LogP contribution in [0.4, 0.5) is 0 Å². The smallest absolute Gasteiger partial charge is 0.287 e. The molecule has 0 N–H and O–H groups in total. The van der Waals surface area contributed by atoms with Gasteiger partial charge in [0.05, 0.1) is 5.56 Å². The Morgan fingerprint density at radius 1 is 1.42 bits per heavy atom. The molecule has 1 heterocycles. The molecule has 5 heteroatoms. The Hall–Kier alpha value is -0.653. The fourth-order valence-electron chi connectivity index (χ4n) is 2.21. The van der Waals surface area contributed by atoms with Gasteiger partial charge in [0.2, 0.25) is 0 Å². The second-order valence-corrected chi connectivity index (χ2v) is 11.3. The Kier molecular flexibility index (Phi) is 4.48. The van der Waals surface area contributed by atoms with Crippen LogP contribution in [0.5, 0.6) is 5.75 Å². The van der Waals surface area contributed by atoms with E-state index in [2.05, 4.69) is 59.4 Å². The molecule has 104 valence electrons. The van der Waals surface area contributed by atoms with Crippen molar-refractivity contribution < 1.29 is 13.7 Å². The largest absolute Gasteiger partial charge is 0.435 e. The third-order valence-corrected chi connectivity index (χ3v) is 4.33. The summed E-state index contributed by atoms with van der Waals surface area (Å²) in [7, 11) is -1.47. The topological polar surface area (TPSA) is 21.5 Å². The van der Waals surface area contributed by atoms with Crippen molar-refractivity contribution in [2.24, 2.45) is 0 Å². The first-order chi connectivity index (χ1) is 8.83. The van der Waals surface area contributed by atoms with E-state index in [-0.39, 0.29) is 6.10 Å². The molecule has 0 saturated carbocycles. The second kappa shape index (κ2) is 5.77. The Morgan fingerprint density at radius 3 is 2.84 bits per heavy atom. The fourth-order valence-corrected chi connectivity index (χ4v) is 3.87. The van der Waals surface area contributed by atoms with Crippen LogP contribution < -0.4 is 4.74 Å². The highest BCUT2D eigenvalue weighted by Crippen LogP contribution is 2.23. The average Bonchev–Trinajstić information content (AvgIpc) is 2.25. The highest BCUT2D eigenvalue weighted by Gasteiger charge is 2.23. The summed E-state index contributed by atoms with van der Waals surface area (Å²) < 4.78 is 15.1. The van der Waals surface area contributed by atoms with E-state index < -0.39 is 8.32 Å². The van der Waals surface area contributed by atoms with Crippen molar-refractivity contribution in [2.75, 3.05) is 13.3 Å². The number of halogens is 1. The predicted molar refractivity (Wildman–Crippen MR) is 83.8 cm³/mol. The molecular formula is C14H21BrNO2Si+. The summed E-state index contributed by atoms with van der Waals surface area (Å²) in [6, 6.07) is 6.07. The highest BCUT2D eigenvalue weighted by atomic mass is 79.9. The van der Waals surface area contributed by atoms with Gasteiger partial charge in [0.1, 0.15) is 11.9 Å². The summed E-state index contributed by atoms with van der Waals surface area (Å²) in [6.07, 6.45) is 2.37. The van der Waals surface area contributed by atoms with Crippen molar-refractivity contribution in [3.05, 3.63) is 28.2 Å². The van der Waals surface area contributed by atoms with Gasteiger partial charge in [-0.05, 0) is 44.8 Å². The third kappa shape index (κ3) is 4.44. The quantitative estimate of drug-likeness (QED) is 0.617. The van der Waals surface area contributed by atoms with E-state index in [1.807, 2.05) is 12.1 Å². The second-order valence-electron chi connectivity index (χ2n) is 5.90. The van der Waals surface area contributed by atoms with Crippen molar-refractivity contribution in [2.45, 2.75) is 32.7 Å². The fraction of sp³-hybridized carbons (Fsp3) is 0.500. The van der Waals surface area contributed by atoms with Crippen LogP contribution in [0.15, 0.2) is 22.7 Å². The lowest BCUT2D eigenvalue weighted by molar-refractivity contribution is -0.562. The van der Waals surface area contributed by atoms with Gasteiger partial charge in [-0.25, -0.2) is 0 Å². The van der Waals surface area contributed by atoms with Crippen LogP contribution in [0.3, 0.4) is 0 Å². The summed E-state index contributed by atoms with van der Waals surface area (Å²) in [5.41, 5.74) is 1.11. The zero-order valence-electron chi connectivity index (χ0n) is 11.9. The van der Waals surface area contributed by atoms with Gasteiger partial charge in [-0.3, -0.25) is 0 Å². The molecule has 3 nitrogen and oxygen atoms in total. The van der Waals surface area contributed by atoms with Crippen LogP contribution in [0.1, 0.15) is 12.5 Å². The van der Waals surface area contributed by atoms with Gasteiger partial charge in [-0.15, -0.1) is 0 Å². The minimum absolute atomic E-state index is 0.222. The average molecular weight is 343 g/mol. The molecule has 0 aliphatic carbocycles. The number of benzene rings is 1. The van der Waals surface area contributed by atoms with Crippen molar-refractivity contribution in [3.8, 4) is 5.75 Å². The first kappa shape index (κ1) is 14.7. The van der Waals surface area contributed by atoms with Gasteiger partial charge in [-0.2, -0.15) is 4.58 Å². The predicted octanol–water partition coefficient (Wildman–Crippen LogP) is 3.47. The maximum absolute atomic E-state index is 6.06. The normalized spacial score (nSPS) is 16.4. The molecule has 0 saturated heterocycles. The number of hydrogen-bond donors (Lipinski definition) is 0. The van der Waals surface area contributed by atoms with Crippen LogP contribution in [-0.4, -0.2) is 38.5 Å². The maximum Gasteiger partial charge on any atom is 0.287 e. The van der Waals surface area contributed by atoms with Gasteiger partial charge < -0.3 is 9.16 Å². The Labute approximate surface area is 124 Å². The summed E-state index contributed by atoms with van der Waals surface area (Å²) in [5, 5.41) is 0. The van der Waals surface area contributed by atoms with Gasteiger partial charge in [0.15, 0.2) is 21.1 Å². The van der Waals surface area contributed by atoms with Crippen LogP contribution in [-0.2, 0) is 4.43 Å². The first-order valence-electron chi connectivity index (χ1n) is 6.52. The van der Waals surface area contributed by atoms with Gasteiger partial charge >= 0.3 is 0 Å². The Morgan fingerprint density at radius 2 is 2.16 bits per heavy atom. The number of nitrogens with zero attached hydrogens (tertiary/aromatic N) is 1. The molecule has 0 radical (unpaired) electrons. The molecule has 2 rings (SSSR count). The molecule has 1 unspecified atom stereocenters. The molecule has 1 atom stereocenters. The molecule has 0 bridgehead atoms. The van der Waals surface area contributed by atoms with Crippen LogP contribution in [0.2, 0.25) is 19.6 Å². The number of ether oxygens (including phenoxy) is 1. The molecule has 19 heavy (non-hydrogen) atoms. The highest BCUT2D eigenvalue weighted by molar-refractivity contribution is 9.10. The first-order valence-corrected chi connectivity index (χ1v) is 10.7. The molecule has 1 aliphatic rings. The lowest BCUT2D eigenvalue weighted by Crippen LogP contribution is -2.37. The van der Waals surface area contributed by atoms with Crippen LogP contribution in [0.25, 0.3) is 0 Å². The number of hydrogen-bond acceptors (Lipinski definition) is 2. The third-order valence-electron chi connectivity index (χ3n) is 2.73. The summed E-state index contributed by atoms with van der Waals surface area (Å²) in [4.78, 5) is 0. The molecule has 1 aromatic rings. The lowest BCUT2D eigenvalue weighted by atomic mass is 10.2. The van der Waals surface area contributed by atoms with Crippen molar-refractivity contribution in [3.63, 3.8) is 0 Å². The Balaban J connectivity index is 2.07. The molecule has 0 spiro atoms. The molecule has 0 amide bonds. The van der Waals surface area contributed by atoms with E-state index in [9.17, 15) is 0 Å². The zero-order valence-corrected chi connectivity index (χ0v) is 14.5. The SMILES string of the molecule is CC(C[N+]1=Cc2cc(Br)ccc2OC1)O[Si](C)(C)C. The summed E-state index contributed by atoms with van der Waals surface area (Å²) in [5.74, 6) is 0.943. The monoisotopic (exact) mass is 342 g/mol. The van der Waals surface area contributed by atoms with Crippen LogP contribution in [0, 0.1) is 0 Å². The maximum atomic E-state index is 6.06. The minimum atomic E-state index is -1.47. The van der Waals surface area contributed by atoms with E-state index in [0.717, 1.165) is 22.3 Å². The molecular weight excluding hydrogens is 322 g/mol. The van der Waals surface area contributed by atoms with Crippen LogP contribution >= 0.6 is 15.9 Å². The van der Waals surface area contributed by atoms with Gasteiger partial charge in [0.25, 0.3) is 6.73 Å². The zero-order chi connectivity index (χ0) is 14.0. The lowest BCUT2D eigenvalue weighted by Gasteiger charge is -2.23. The van der Waals surface area contributed by atoms with Crippen molar-refractivity contribution in [1.82, 2.24) is 0 Å². The summed E-state index contributed by atoms with van der Waals surface area (Å²) >= 11 is 3.49. The molecule has 0 fully saturated rings. The number of rotatable bonds is 4. The van der Waals surface area contributed by atoms with Crippen molar-refractivity contribution >= 4 is 30.5 Å². The van der Waals surface area contributed by atoms with Crippen molar-refractivity contribution in [1.29, 1.82) is 0 Å². The minimum Gasteiger partial charge on any atom is -0.435 e. The Bertz CT molecular complexity index is 497. The van der Waals surface area contributed by atoms with E-state index in [1.165, 1.54) is 0 Å². The molecule has 1 aromatic carbocycles. The summed E-state index contributed by atoms with van der Waals surface area (Å²) in [6.45, 7) is 10.2. The van der Waals surface area contributed by atoms with E-state index >= 15 is 0 Å². The van der Waals surface area contributed by atoms with E-state index in [1.54, 1.807) is 0 Å². The van der Waals surface area contributed by atoms with Gasteiger partial charge in [0, 0.05) is 4.47 Å². The molecule has 1 aliphatic heterocycles. The van der Waals surface area contributed by atoms with E-state index in [4.69, 9.17) is 9.16 Å². The standard InChI is InChI=1S/C14H21BrNO2Si/c1-11(18-19(2,3)4)8-16-9-12-7-13(15)5-6-14(12)17-10-16/h5-7,9,11H,8,10H2,1-4H3/q+1. The molecule has 0 aromatic heterocycles. The van der Waals surface area contributed by atoms with E-state index in [0.29, 0.717) is 6.73 Å².